The van der Waals surface area contributed by atoms with Crippen LogP contribution in [0.25, 0.3) is 0 Å². The number of halogens is 2. The van der Waals surface area contributed by atoms with Crippen LogP contribution in [-0.2, 0) is 7.05 Å². The standard InChI is InChI=1S/C10H9Cl2N5O/c1-17-10(14-4-15-17)16-9(18)5-2-6(11)8(12)7(13)3-5/h2-4H,13H2,1H3,(H,14,15,16,18). The second-order valence-electron chi connectivity index (χ2n) is 3.52. The molecule has 18 heavy (non-hydrogen) atoms. The average Bonchev–Trinajstić information content (AvgIpc) is 2.71. The van der Waals surface area contributed by atoms with E-state index in [0.29, 0.717) is 11.5 Å². The summed E-state index contributed by atoms with van der Waals surface area (Å²) in [4.78, 5) is 15.8. The lowest BCUT2D eigenvalue weighted by Gasteiger charge is -2.07. The molecular weight excluding hydrogens is 277 g/mol. The molecule has 0 saturated carbocycles. The molecule has 1 aromatic heterocycles. The third-order valence-electron chi connectivity index (χ3n) is 2.26. The van der Waals surface area contributed by atoms with Crippen molar-refractivity contribution in [1.29, 1.82) is 0 Å². The Kier molecular flexibility index (Phi) is 3.40. The van der Waals surface area contributed by atoms with Gasteiger partial charge in [-0.25, -0.2) is 4.68 Å². The zero-order valence-corrected chi connectivity index (χ0v) is 10.8. The number of nitrogen functional groups attached to an aromatic ring is 1. The summed E-state index contributed by atoms with van der Waals surface area (Å²) < 4.78 is 1.43. The Bertz CT molecular complexity index is 587. The van der Waals surface area contributed by atoms with Crippen molar-refractivity contribution >= 4 is 40.7 Å². The maximum atomic E-state index is 11.9. The van der Waals surface area contributed by atoms with Gasteiger partial charge in [0.2, 0.25) is 5.95 Å². The summed E-state index contributed by atoms with van der Waals surface area (Å²) in [6, 6.07) is 2.88. The minimum absolute atomic E-state index is 0.222. The summed E-state index contributed by atoms with van der Waals surface area (Å²) >= 11 is 11.7. The lowest BCUT2D eigenvalue weighted by molar-refractivity contribution is 0.102. The van der Waals surface area contributed by atoms with Crippen LogP contribution in [0.4, 0.5) is 11.6 Å². The normalized spacial score (nSPS) is 10.4. The predicted molar refractivity (Wildman–Crippen MR) is 69.8 cm³/mol. The monoisotopic (exact) mass is 285 g/mol. The van der Waals surface area contributed by atoms with Crippen molar-refractivity contribution < 1.29 is 4.79 Å². The number of hydrogen-bond acceptors (Lipinski definition) is 4. The lowest BCUT2D eigenvalue weighted by Crippen LogP contribution is -2.15. The number of carbonyl (C=O) groups is 1. The van der Waals surface area contributed by atoms with Crippen LogP contribution in [-0.4, -0.2) is 20.7 Å². The first-order chi connectivity index (χ1) is 8.49. The van der Waals surface area contributed by atoms with Gasteiger partial charge in [0, 0.05) is 12.6 Å². The molecule has 0 aliphatic heterocycles. The number of benzene rings is 1. The molecule has 2 rings (SSSR count). The molecule has 1 heterocycles. The zero-order chi connectivity index (χ0) is 13.3. The van der Waals surface area contributed by atoms with Gasteiger partial charge >= 0.3 is 0 Å². The summed E-state index contributed by atoms with van der Waals surface area (Å²) in [5, 5.41) is 6.86. The van der Waals surface area contributed by atoms with E-state index in [1.807, 2.05) is 0 Å². The van der Waals surface area contributed by atoms with Gasteiger partial charge < -0.3 is 5.73 Å². The highest BCUT2D eigenvalue weighted by Gasteiger charge is 2.13. The van der Waals surface area contributed by atoms with Crippen LogP contribution in [0, 0.1) is 0 Å². The Labute approximate surface area is 113 Å². The van der Waals surface area contributed by atoms with Gasteiger partial charge in [-0.3, -0.25) is 10.1 Å². The van der Waals surface area contributed by atoms with Crippen molar-refractivity contribution in [3.63, 3.8) is 0 Å². The zero-order valence-electron chi connectivity index (χ0n) is 9.32. The van der Waals surface area contributed by atoms with Gasteiger partial charge in [-0.15, -0.1) is 0 Å². The molecule has 0 aliphatic rings. The summed E-state index contributed by atoms with van der Waals surface area (Å²) in [6.07, 6.45) is 1.33. The molecule has 0 aliphatic carbocycles. The van der Waals surface area contributed by atoms with E-state index in [2.05, 4.69) is 15.4 Å². The van der Waals surface area contributed by atoms with E-state index >= 15 is 0 Å². The molecule has 0 unspecified atom stereocenters. The van der Waals surface area contributed by atoms with E-state index in [1.165, 1.54) is 23.1 Å². The maximum Gasteiger partial charge on any atom is 0.258 e. The minimum atomic E-state index is -0.392. The highest BCUT2D eigenvalue weighted by Crippen LogP contribution is 2.29. The SMILES string of the molecule is Cn1ncnc1NC(=O)c1cc(N)c(Cl)c(Cl)c1. The molecule has 0 fully saturated rings. The van der Waals surface area contributed by atoms with Crippen LogP contribution < -0.4 is 11.1 Å². The Morgan fingerprint density at radius 3 is 2.72 bits per heavy atom. The average molecular weight is 286 g/mol. The van der Waals surface area contributed by atoms with Gasteiger partial charge in [-0.05, 0) is 12.1 Å². The van der Waals surface area contributed by atoms with E-state index in [0.717, 1.165) is 0 Å². The van der Waals surface area contributed by atoms with Crippen molar-refractivity contribution in [3.8, 4) is 0 Å². The Morgan fingerprint density at radius 2 is 2.17 bits per heavy atom. The Morgan fingerprint density at radius 1 is 1.44 bits per heavy atom. The summed E-state index contributed by atoms with van der Waals surface area (Å²) in [6.45, 7) is 0. The molecule has 6 nitrogen and oxygen atoms in total. The second kappa shape index (κ2) is 4.83. The quantitative estimate of drug-likeness (QED) is 0.826. The number of nitrogens with zero attached hydrogens (tertiary/aromatic N) is 3. The third kappa shape index (κ3) is 2.39. The summed E-state index contributed by atoms with van der Waals surface area (Å²) in [5.41, 5.74) is 6.17. The van der Waals surface area contributed by atoms with E-state index in [-0.39, 0.29) is 15.7 Å². The molecule has 0 atom stereocenters. The number of aryl methyl sites for hydroxylation is 1. The molecule has 94 valence electrons. The van der Waals surface area contributed by atoms with Gasteiger partial charge in [0.25, 0.3) is 5.91 Å². The Balaban J connectivity index is 2.27. The fourth-order valence-corrected chi connectivity index (χ4v) is 1.66. The number of rotatable bonds is 2. The molecule has 2 aromatic rings. The number of carbonyl (C=O) groups excluding carboxylic acids is 1. The predicted octanol–water partition coefficient (Wildman–Crippen LogP) is 1.96. The van der Waals surface area contributed by atoms with Crippen molar-refractivity contribution in [2.24, 2.45) is 7.05 Å². The minimum Gasteiger partial charge on any atom is -0.397 e. The van der Waals surface area contributed by atoms with Crippen molar-refractivity contribution in [3.05, 3.63) is 34.1 Å². The van der Waals surface area contributed by atoms with Gasteiger partial charge in [-0.1, -0.05) is 23.2 Å². The highest BCUT2D eigenvalue weighted by molar-refractivity contribution is 6.43. The molecule has 0 spiro atoms. The molecule has 0 saturated heterocycles. The number of aromatic nitrogens is 3. The highest BCUT2D eigenvalue weighted by atomic mass is 35.5. The number of nitrogens with two attached hydrogens (primary N) is 1. The largest absolute Gasteiger partial charge is 0.397 e. The van der Waals surface area contributed by atoms with Crippen LogP contribution in [0.2, 0.25) is 10.0 Å². The lowest BCUT2D eigenvalue weighted by atomic mass is 10.2. The molecule has 0 radical (unpaired) electrons. The number of nitrogens with one attached hydrogen (secondary N) is 1. The van der Waals surface area contributed by atoms with Crippen LogP contribution in [0.5, 0.6) is 0 Å². The molecular formula is C10H9Cl2N5O. The van der Waals surface area contributed by atoms with Gasteiger partial charge in [-0.2, -0.15) is 10.1 Å². The molecule has 1 aromatic carbocycles. The van der Waals surface area contributed by atoms with Crippen LogP contribution in [0.3, 0.4) is 0 Å². The number of amides is 1. The number of hydrogen-bond donors (Lipinski definition) is 2. The van der Waals surface area contributed by atoms with Gasteiger partial charge in [0.05, 0.1) is 15.7 Å². The topological polar surface area (TPSA) is 85.8 Å². The maximum absolute atomic E-state index is 11.9. The van der Waals surface area contributed by atoms with Crippen LogP contribution in [0.1, 0.15) is 10.4 Å². The number of anilines is 2. The fraction of sp³-hybridized carbons (Fsp3) is 0.100. The van der Waals surface area contributed by atoms with E-state index in [1.54, 1.807) is 7.05 Å². The first-order valence-corrected chi connectivity index (χ1v) is 5.64. The Hall–Kier alpha value is -1.79. The molecule has 0 bridgehead atoms. The summed E-state index contributed by atoms with van der Waals surface area (Å²) in [7, 11) is 1.66. The third-order valence-corrected chi connectivity index (χ3v) is 3.07. The van der Waals surface area contributed by atoms with Crippen molar-refractivity contribution in [2.75, 3.05) is 11.1 Å². The van der Waals surface area contributed by atoms with Gasteiger partial charge in [0.1, 0.15) is 6.33 Å². The summed E-state index contributed by atoms with van der Waals surface area (Å²) in [5.74, 6) is -0.0685. The van der Waals surface area contributed by atoms with Crippen molar-refractivity contribution in [1.82, 2.24) is 14.8 Å². The molecule has 8 heteroatoms. The van der Waals surface area contributed by atoms with Gasteiger partial charge in [0.15, 0.2) is 0 Å². The van der Waals surface area contributed by atoms with E-state index < -0.39 is 5.91 Å². The van der Waals surface area contributed by atoms with Crippen LogP contribution >= 0.6 is 23.2 Å². The van der Waals surface area contributed by atoms with E-state index in [4.69, 9.17) is 28.9 Å². The first kappa shape index (κ1) is 12.7. The molecule has 3 N–H and O–H groups in total. The first-order valence-electron chi connectivity index (χ1n) is 4.89. The van der Waals surface area contributed by atoms with Crippen LogP contribution in [0.15, 0.2) is 18.5 Å². The van der Waals surface area contributed by atoms with Crippen molar-refractivity contribution in [2.45, 2.75) is 0 Å². The van der Waals surface area contributed by atoms with E-state index in [9.17, 15) is 4.79 Å². The smallest absolute Gasteiger partial charge is 0.258 e. The second-order valence-corrected chi connectivity index (χ2v) is 4.31. The molecule has 1 amide bonds. The fourth-order valence-electron chi connectivity index (χ4n) is 1.32.